The maximum Gasteiger partial charge on any atom is 0.234 e. The average Bonchev–Trinajstić information content (AvgIpc) is 2.94. The summed E-state index contributed by atoms with van der Waals surface area (Å²) in [6.07, 6.45) is 0. The van der Waals surface area contributed by atoms with Crippen LogP contribution in [-0.2, 0) is 12.0 Å². The van der Waals surface area contributed by atoms with Crippen LogP contribution in [0.5, 0.6) is 0 Å². The van der Waals surface area contributed by atoms with Crippen LogP contribution >= 0.6 is 22.9 Å². The number of fused-ring (bicyclic) bond motifs is 1. The molecule has 0 bridgehead atoms. The molecule has 110 valence electrons. The van der Waals surface area contributed by atoms with Gasteiger partial charge in [-0.15, -0.1) is 10.2 Å². The number of hydrogen-bond acceptors (Lipinski definition) is 5. The van der Waals surface area contributed by atoms with Crippen LogP contribution in [0.2, 0.25) is 5.02 Å². The molecule has 0 aliphatic heterocycles. The molecule has 7 heteroatoms. The maximum atomic E-state index is 5.97. The summed E-state index contributed by atoms with van der Waals surface area (Å²) < 4.78 is 1.83. The van der Waals surface area contributed by atoms with Crippen molar-refractivity contribution >= 4 is 33.6 Å². The molecule has 0 atom stereocenters. The molecule has 3 rings (SSSR count). The molecule has 1 aromatic carbocycles. The Hall–Kier alpha value is -1.66. The lowest BCUT2D eigenvalue weighted by Crippen LogP contribution is -2.16. The monoisotopic (exact) mass is 321 g/mol. The van der Waals surface area contributed by atoms with Crippen molar-refractivity contribution in [3.63, 3.8) is 0 Å². The number of nitrogens with one attached hydrogen (secondary N) is 1. The molecular formula is C14H16ClN5S. The van der Waals surface area contributed by atoms with E-state index in [1.165, 1.54) is 0 Å². The Morgan fingerprint density at radius 2 is 2.10 bits per heavy atom. The van der Waals surface area contributed by atoms with Gasteiger partial charge in [-0.2, -0.15) is 9.61 Å². The first kappa shape index (κ1) is 14.3. The predicted molar refractivity (Wildman–Crippen MR) is 86.1 cm³/mol. The van der Waals surface area contributed by atoms with Gasteiger partial charge in [0.2, 0.25) is 4.96 Å². The molecule has 2 heterocycles. The highest BCUT2D eigenvalue weighted by Gasteiger charge is 2.23. The molecule has 0 spiro atoms. The largest absolute Gasteiger partial charge is 0.378 e. The van der Waals surface area contributed by atoms with Gasteiger partial charge in [-0.05, 0) is 18.2 Å². The fourth-order valence-electron chi connectivity index (χ4n) is 1.97. The normalized spacial score (nSPS) is 12.0. The SMILES string of the molecule is CC(C)(C)c1nnc2sc(CNc3cccc(Cl)c3)nn12. The molecule has 1 N–H and O–H groups in total. The first-order chi connectivity index (χ1) is 9.93. The van der Waals surface area contributed by atoms with E-state index in [0.29, 0.717) is 11.6 Å². The zero-order valence-electron chi connectivity index (χ0n) is 12.1. The Kier molecular flexibility index (Phi) is 3.59. The minimum atomic E-state index is -0.0782. The minimum absolute atomic E-state index is 0.0782. The fraction of sp³-hybridized carbons (Fsp3) is 0.357. The first-order valence-electron chi connectivity index (χ1n) is 6.64. The second-order valence-corrected chi connectivity index (χ2v) is 7.30. The Morgan fingerprint density at radius 3 is 2.81 bits per heavy atom. The molecular weight excluding hydrogens is 306 g/mol. The highest BCUT2D eigenvalue weighted by atomic mass is 35.5. The summed E-state index contributed by atoms with van der Waals surface area (Å²) in [4.78, 5) is 0.822. The van der Waals surface area contributed by atoms with Gasteiger partial charge in [0.05, 0.1) is 6.54 Å². The van der Waals surface area contributed by atoms with Gasteiger partial charge in [0.1, 0.15) is 5.01 Å². The standard InChI is InChI=1S/C14H16ClN5S/c1-14(2,3)12-17-18-13-20(12)19-11(21-13)8-16-10-6-4-5-9(15)7-10/h4-7,16H,8H2,1-3H3. The number of nitrogens with zero attached hydrogens (tertiary/aromatic N) is 4. The number of rotatable bonds is 3. The number of benzene rings is 1. The van der Waals surface area contributed by atoms with E-state index < -0.39 is 0 Å². The Morgan fingerprint density at radius 1 is 1.29 bits per heavy atom. The molecule has 21 heavy (non-hydrogen) atoms. The van der Waals surface area contributed by atoms with Crippen LogP contribution in [0.4, 0.5) is 5.69 Å². The molecule has 0 saturated heterocycles. The average molecular weight is 322 g/mol. The zero-order chi connectivity index (χ0) is 15.0. The van der Waals surface area contributed by atoms with E-state index in [1.54, 1.807) is 11.3 Å². The van der Waals surface area contributed by atoms with Crippen molar-refractivity contribution < 1.29 is 0 Å². The Labute approximate surface area is 132 Å². The molecule has 0 saturated carbocycles. The van der Waals surface area contributed by atoms with E-state index in [4.69, 9.17) is 11.6 Å². The van der Waals surface area contributed by atoms with E-state index in [2.05, 4.69) is 41.4 Å². The van der Waals surface area contributed by atoms with Crippen LogP contribution in [0.15, 0.2) is 24.3 Å². The van der Waals surface area contributed by atoms with Crippen LogP contribution in [0.1, 0.15) is 31.6 Å². The highest BCUT2D eigenvalue weighted by Crippen LogP contribution is 2.24. The molecule has 0 unspecified atom stereocenters. The third-order valence-electron chi connectivity index (χ3n) is 2.97. The smallest absolute Gasteiger partial charge is 0.234 e. The Balaban J connectivity index is 1.81. The molecule has 0 aliphatic carbocycles. The zero-order valence-corrected chi connectivity index (χ0v) is 13.7. The molecule has 0 radical (unpaired) electrons. The van der Waals surface area contributed by atoms with Crippen molar-refractivity contribution in [2.75, 3.05) is 5.32 Å². The van der Waals surface area contributed by atoms with Crippen molar-refractivity contribution in [3.05, 3.63) is 40.1 Å². The number of aromatic nitrogens is 4. The van der Waals surface area contributed by atoms with Crippen LogP contribution in [0.25, 0.3) is 4.96 Å². The van der Waals surface area contributed by atoms with Crippen LogP contribution in [-0.4, -0.2) is 19.8 Å². The van der Waals surface area contributed by atoms with Gasteiger partial charge >= 0.3 is 0 Å². The maximum absolute atomic E-state index is 5.97. The van der Waals surface area contributed by atoms with E-state index in [9.17, 15) is 0 Å². The highest BCUT2D eigenvalue weighted by molar-refractivity contribution is 7.16. The van der Waals surface area contributed by atoms with Crippen LogP contribution in [0.3, 0.4) is 0 Å². The lowest BCUT2D eigenvalue weighted by Gasteiger charge is -2.13. The second-order valence-electron chi connectivity index (χ2n) is 5.83. The van der Waals surface area contributed by atoms with Crippen LogP contribution in [0, 0.1) is 0 Å². The van der Waals surface area contributed by atoms with Crippen molar-refractivity contribution in [3.8, 4) is 0 Å². The van der Waals surface area contributed by atoms with Gasteiger partial charge in [0.15, 0.2) is 5.82 Å². The van der Waals surface area contributed by atoms with E-state index in [-0.39, 0.29) is 5.41 Å². The van der Waals surface area contributed by atoms with E-state index in [0.717, 1.165) is 21.5 Å². The van der Waals surface area contributed by atoms with Gasteiger partial charge < -0.3 is 5.32 Å². The van der Waals surface area contributed by atoms with Crippen LogP contribution < -0.4 is 5.32 Å². The lowest BCUT2D eigenvalue weighted by atomic mass is 9.96. The topological polar surface area (TPSA) is 55.1 Å². The quantitative estimate of drug-likeness (QED) is 0.798. The van der Waals surface area contributed by atoms with Gasteiger partial charge in [-0.25, -0.2) is 0 Å². The van der Waals surface area contributed by atoms with Crippen molar-refractivity contribution in [1.82, 2.24) is 19.8 Å². The molecule has 5 nitrogen and oxygen atoms in total. The molecule has 0 amide bonds. The lowest BCUT2D eigenvalue weighted by molar-refractivity contribution is 0.526. The number of halogens is 1. The second kappa shape index (κ2) is 5.27. The summed E-state index contributed by atoms with van der Waals surface area (Å²) in [5.74, 6) is 0.878. The summed E-state index contributed by atoms with van der Waals surface area (Å²) >= 11 is 7.51. The van der Waals surface area contributed by atoms with E-state index >= 15 is 0 Å². The molecule has 3 aromatic rings. The number of hydrogen-bond donors (Lipinski definition) is 1. The Bertz CT molecular complexity index is 771. The summed E-state index contributed by atoms with van der Waals surface area (Å²) in [6.45, 7) is 6.95. The predicted octanol–water partition coefficient (Wildman–Crippen LogP) is 3.75. The summed E-state index contributed by atoms with van der Waals surface area (Å²) in [6, 6.07) is 7.64. The molecule has 0 aliphatic rings. The van der Waals surface area contributed by atoms with Crippen molar-refractivity contribution in [2.45, 2.75) is 32.7 Å². The van der Waals surface area contributed by atoms with Gasteiger partial charge in [-0.3, -0.25) is 0 Å². The summed E-state index contributed by atoms with van der Waals surface area (Å²) in [7, 11) is 0. The van der Waals surface area contributed by atoms with E-state index in [1.807, 2.05) is 28.8 Å². The van der Waals surface area contributed by atoms with Gasteiger partial charge in [0.25, 0.3) is 0 Å². The van der Waals surface area contributed by atoms with Crippen molar-refractivity contribution in [2.24, 2.45) is 0 Å². The third-order valence-corrected chi connectivity index (χ3v) is 4.11. The summed E-state index contributed by atoms with van der Waals surface area (Å²) in [5.41, 5.74) is 0.898. The molecule has 2 aromatic heterocycles. The third kappa shape index (κ3) is 3.01. The number of anilines is 1. The summed E-state index contributed by atoms with van der Waals surface area (Å²) in [5, 5.41) is 18.0. The van der Waals surface area contributed by atoms with Gasteiger partial charge in [0, 0.05) is 16.1 Å². The minimum Gasteiger partial charge on any atom is -0.378 e. The van der Waals surface area contributed by atoms with Gasteiger partial charge in [-0.1, -0.05) is 49.8 Å². The van der Waals surface area contributed by atoms with Crippen molar-refractivity contribution in [1.29, 1.82) is 0 Å². The fourth-order valence-corrected chi connectivity index (χ4v) is 2.94. The molecule has 0 fully saturated rings. The first-order valence-corrected chi connectivity index (χ1v) is 7.84.